The van der Waals surface area contributed by atoms with Gasteiger partial charge in [-0.05, 0) is 31.2 Å². The summed E-state index contributed by atoms with van der Waals surface area (Å²) in [6.07, 6.45) is 2.00. The fraction of sp³-hybridized carbons (Fsp3) is 0.353. The molecule has 1 atom stereocenters. The van der Waals surface area contributed by atoms with Crippen LogP contribution in [0.2, 0.25) is 0 Å². The molecule has 0 bridgehead atoms. The number of rotatable bonds is 2. The van der Waals surface area contributed by atoms with Gasteiger partial charge in [0.05, 0.1) is 19.3 Å². The molecule has 1 saturated heterocycles. The molecule has 21 heavy (non-hydrogen) atoms. The Bertz CT molecular complexity index is 648. The van der Waals surface area contributed by atoms with Crippen molar-refractivity contribution in [1.29, 1.82) is 0 Å². The van der Waals surface area contributed by atoms with Crippen LogP contribution in [0.1, 0.15) is 27.7 Å². The number of amides is 1. The second-order valence-electron chi connectivity index (χ2n) is 5.50. The van der Waals surface area contributed by atoms with E-state index in [-0.39, 0.29) is 11.9 Å². The van der Waals surface area contributed by atoms with Gasteiger partial charge in [-0.1, -0.05) is 17.7 Å². The number of carbonyl (C=O) groups is 1. The van der Waals surface area contributed by atoms with Crippen LogP contribution >= 0.6 is 0 Å². The van der Waals surface area contributed by atoms with Crippen LogP contribution in [-0.2, 0) is 11.8 Å². The molecule has 0 spiro atoms. The molecule has 1 aliphatic heterocycles. The maximum atomic E-state index is 12.8. The Balaban J connectivity index is 1.91. The van der Waals surface area contributed by atoms with Gasteiger partial charge >= 0.3 is 0 Å². The molecule has 1 aromatic carbocycles. The molecule has 0 radical (unpaired) electrons. The SMILES string of the molecule is Cc1cccc(C(=O)N2CCOCC2c2cccn2C)c1. The summed E-state index contributed by atoms with van der Waals surface area (Å²) < 4.78 is 7.65. The second-order valence-corrected chi connectivity index (χ2v) is 5.50. The fourth-order valence-electron chi connectivity index (χ4n) is 2.86. The third-order valence-electron chi connectivity index (χ3n) is 3.98. The predicted molar refractivity (Wildman–Crippen MR) is 81.2 cm³/mol. The molecule has 1 fully saturated rings. The highest BCUT2D eigenvalue weighted by Crippen LogP contribution is 2.26. The van der Waals surface area contributed by atoms with Gasteiger partial charge in [0.15, 0.2) is 0 Å². The van der Waals surface area contributed by atoms with Crippen molar-refractivity contribution in [2.45, 2.75) is 13.0 Å². The monoisotopic (exact) mass is 284 g/mol. The molecule has 1 unspecified atom stereocenters. The molecule has 3 rings (SSSR count). The first-order valence-corrected chi connectivity index (χ1v) is 7.23. The number of hydrogen-bond donors (Lipinski definition) is 0. The molecule has 4 nitrogen and oxygen atoms in total. The van der Waals surface area contributed by atoms with Gasteiger partial charge in [-0.2, -0.15) is 0 Å². The number of carbonyl (C=O) groups excluding carboxylic acids is 1. The summed E-state index contributed by atoms with van der Waals surface area (Å²) in [5, 5.41) is 0. The lowest BCUT2D eigenvalue weighted by Gasteiger charge is -2.36. The van der Waals surface area contributed by atoms with E-state index >= 15 is 0 Å². The van der Waals surface area contributed by atoms with Crippen molar-refractivity contribution in [2.24, 2.45) is 7.05 Å². The van der Waals surface area contributed by atoms with E-state index in [1.807, 2.05) is 55.4 Å². The Hall–Kier alpha value is -2.07. The zero-order chi connectivity index (χ0) is 14.8. The topological polar surface area (TPSA) is 34.5 Å². The van der Waals surface area contributed by atoms with E-state index in [0.29, 0.717) is 19.8 Å². The minimum Gasteiger partial charge on any atom is -0.377 e. The number of nitrogens with zero attached hydrogens (tertiary/aromatic N) is 2. The van der Waals surface area contributed by atoms with Gasteiger partial charge < -0.3 is 14.2 Å². The zero-order valence-electron chi connectivity index (χ0n) is 12.5. The third kappa shape index (κ3) is 2.72. The molecule has 1 amide bonds. The van der Waals surface area contributed by atoms with Crippen LogP contribution in [-0.4, -0.2) is 35.1 Å². The van der Waals surface area contributed by atoms with Gasteiger partial charge in [-0.15, -0.1) is 0 Å². The molecule has 2 aromatic rings. The first kappa shape index (κ1) is 13.9. The highest BCUT2D eigenvalue weighted by molar-refractivity contribution is 5.94. The second kappa shape index (κ2) is 5.74. The van der Waals surface area contributed by atoms with E-state index in [1.54, 1.807) is 0 Å². The van der Waals surface area contributed by atoms with E-state index in [0.717, 1.165) is 16.8 Å². The first-order chi connectivity index (χ1) is 10.2. The van der Waals surface area contributed by atoms with E-state index in [9.17, 15) is 4.79 Å². The normalized spacial score (nSPS) is 18.8. The Labute approximate surface area is 124 Å². The van der Waals surface area contributed by atoms with Crippen LogP contribution in [0, 0.1) is 6.92 Å². The highest BCUT2D eigenvalue weighted by Gasteiger charge is 2.30. The Morgan fingerprint density at radius 1 is 1.29 bits per heavy atom. The van der Waals surface area contributed by atoms with Crippen molar-refractivity contribution in [3.63, 3.8) is 0 Å². The van der Waals surface area contributed by atoms with Crippen molar-refractivity contribution in [2.75, 3.05) is 19.8 Å². The van der Waals surface area contributed by atoms with Crippen LogP contribution in [0.4, 0.5) is 0 Å². The van der Waals surface area contributed by atoms with E-state index in [4.69, 9.17) is 4.74 Å². The molecular weight excluding hydrogens is 264 g/mol. The summed E-state index contributed by atoms with van der Waals surface area (Å²) in [7, 11) is 2.00. The first-order valence-electron chi connectivity index (χ1n) is 7.23. The summed E-state index contributed by atoms with van der Waals surface area (Å²) in [6.45, 7) is 3.78. The van der Waals surface area contributed by atoms with Crippen molar-refractivity contribution in [3.8, 4) is 0 Å². The largest absolute Gasteiger partial charge is 0.377 e. The molecule has 2 heterocycles. The van der Waals surface area contributed by atoms with Gasteiger partial charge in [-0.3, -0.25) is 4.79 Å². The fourth-order valence-corrected chi connectivity index (χ4v) is 2.86. The van der Waals surface area contributed by atoms with Crippen molar-refractivity contribution in [3.05, 3.63) is 59.4 Å². The minimum atomic E-state index is -0.0215. The Morgan fingerprint density at radius 3 is 2.86 bits per heavy atom. The minimum absolute atomic E-state index is 0.0215. The lowest BCUT2D eigenvalue weighted by Crippen LogP contribution is -2.44. The lowest BCUT2D eigenvalue weighted by atomic mass is 10.1. The maximum Gasteiger partial charge on any atom is 0.254 e. The number of aryl methyl sites for hydroxylation is 2. The summed E-state index contributed by atoms with van der Waals surface area (Å²) >= 11 is 0. The zero-order valence-corrected chi connectivity index (χ0v) is 12.5. The number of hydrogen-bond acceptors (Lipinski definition) is 2. The average Bonchev–Trinajstić information content (AvgIpc) is 2.92. The molecule has 0 saturated carbocycles. The standard InChI is InChI=1S/C17H20N2O2/c1-13-5-3-6-14(11-13)17(20)19-9-10-21-12-16(19)15-7-4-8-18(15)2/h3-8,11,16H,9-10,12H2,1-2H3. The lowest BCUT2D eigenvalue weighted by molar-refractivity contribution is -0.00463. The number of aromatic nitrogens is 1. The van der Waals surface area contributed by atoms with E-state index in [1.165, 1.54) is 0 Å². The summed E-state index contributed by atoms with van der Waals surface area (Å²) in [5.41, 5.74) is 2.95. The third-order valence-corrected chi connectivity index (χ3v) is 3.98. The van der Waals surface area contributed by atoms with Crippen molar-refractivity contribution >= 4 is 5.91 Å². The van der Waals surface area contributed by atoms with Crippen molar-refractivity contribution in [1.82, 2.24) is 9.47 Å². The average molecular weight is 284 g/mol. The molecule has 1 aromatic heterocycles. The van der Waals surface area contributed by atoms with Gasteiger partial charge in [0.25, 0.3) is 5.91 Å². The summed E-state index contributed by atoms with van der Waals surface area (Å²) in [6, 6.07) is 11.8. The predicted octanol–water partition coefficient (Wildman–Crippen LogP) is 2.55. The molecule has 0 aliphatic carbocycles. The number of morpholine rings is 1. The van der Waals surface area contributed by atoms with E-state index < -0.39 is 0 Å². The van der Waals surface area contributed by atoms with Crippen LogP contribution in [0.15, 0.2) is 42.6 Å². The summed E-state index contributed by atoms with van der Waals surface area (Å²) in [5.74, 6) is 0.0770. The molecular formula is C17H20N2O2. The van der Waals surface area contributed by atoms with Crippen LogP contribution in [0.3, 0.4) is 0 Å². The van der Waals surface area contributed by atoms with Gasteiger partial charge in [-0.25, -0.2) is 0 Å². The van der Waals surface area contributed by atoms with Crippen LogP contribution in [0.25, 0.3) is 0 Å². The summed E-state index contributed by atoms with van der Waals surface area (Å²) in [4.78, 5) is 14.8. The van der Waals surface area contributed by atoms with E-state index in [2.05, 4.69) is 10.6 Å². The van der Waals surface area contributed by atoms with Gasteiger partial charge in [0.1, 0.15) is 0 Å². The quantitative estimate of drug-likeness (QED) is 0.849. The Kier molecular flexibility index (Phi) is 3.80. The molecule has 1 aliphatic rings. The van der Waals surface area contributed by atoms with Crippen molar-refractivity contribution < 1.29 is 9.53 Å². The maximum absolute atomic E-state index is 12.8. The molecule has 0 N–H and O–H groups in total. The smallest absolute Gasteiger partial charge is 0.254 e. The molecule has 4 heteroatoms. The Morgan fingerprint density at radius 2 is 2.14 bits per heavy atom. The van der Waals surface area contributed by atoms with Crippen LogP contribution in [0.5, 0.6) is 0 Å². The molecule has 110 valence electrons. The van der Waals surface area contributed by atoms with Gasteiger partial charge in [0, 0.05) is 31.0 Å². The number of ether oxygens (including phenoxy) is 1. The van der Waals surface area contributed by atoms with Gasteiger partial charge in [0.2, 0.25) is 0 Å². The highest BCUT2D eigenvalue weighted by atomic mass is 16.5. The number of benzene rings is 1. The van der Waals surface area contributed by atoms with Crippen LogP contribution < -0.4 is 0 Å².